The van der Waals surface area contributed by atoms with Gasteiger partial charge in [-0.25, -0.2) is 4.79 Å². The van der Waals surface area contributed by atoms with Crippen LogP contribution in [0, 0.1) is 11.3 Å². The lowest BCUT2D eigenvalue weighted by molar-refractivity contribution is 0.252. The van der Waals surface area contributed by atoms with E-state index in [1.165, 1.54) is 6.20 Å². The van der Waals surface area contributed by atoms with Gasteiger partial charge in [-0.05, 0) is 0 Å². The van der Waals surface area contributed by atoms with Crippen LogP contribution in [-0.2, 0) is 0 Å². The van der Waals surface area contributed by atoms with Crippen LogP contribution in [0.25, 0.3) is 0 Å². The molecule has 0 fully saturated rings. The number of carbonyl (C=O) groups excluding carboxylic acids is 1. The summed E-state index contributed by atoms with van der Waals surface area (Å²) in [5.74, 6) is 0. The average molecular weight is 197 g/mol. The SMILES string of the molecule is N#CCCNC(=O)Nc1cnns1. The lowest BCUT2D eigenvalue weighted by Gasteiger charge is -2.01. The molecule has 0 aliphatic carbocycles. The minimum atomic E-state index is -0.346. The first-order valence-electron chi connectivity index (χ1n) is 3.52. The molecule has 0 aliphatic heterocycles. The highest BCUT2D eigenvalue weighted by Gasteiger charge is 2.01. The molecule has 0 atom stereocenters. The van der Waals surface area contributed by atoms with E-state index in [4.69, 9.17) is 5.26 Å². The third-order valence-electron chi connectivity index (χ3n) is 1.12. The lowest BCUT2D eigenvalue weighted by atomic mass is 10.5. The maximum Gasteiger partial charge on any atom is 0.319 e. The van der Waals surface area contributed by atoms with E-state index in [-0.39, 0.29) is 6.03 Å². The van der Waals surface area contributed by atoms with E-state index in [2.05, 4.69) is 20.2 Å². The van der Waals surface area contributed by atoms with E-state index in [0.717, 1.165) is 11.5 Å². The monoisotopic (exact) mass is 197 g/mol. The van der Waals surface area contributed by atoms with Gasteiger partial charge in [-0.15, -0.1) is 5.10 Å². The van der Waals surface area contributed by atoms with Gasteiger partial charge in [0.05, 0.1) is 18.7 Å². The molecule has 1 aromatic rings. The van der Waals surface area contributed by atoms with Crippen molar-refractivity contribution in [2.24, 2.45) is 0 Å². The number of carbonyl (C=O) groups is 1. The average Bonchev–Trinajstić information content (AvgIpc) is 2.57. The first-order valence-corrected chi connectivity index (χ1v) is 4.29. The van der Waals surface area contributed by atoms with Gasteiger partial charge in [-0.3, -0.25) is 5.32 Å². The standard InChI is InChI=1S/C6H7N5OS/c7-2-1-3-8-6(12)10-5-4-9-11-13-5/h4H,1,3H2,(H2,8,10,12). The van der Waals surface area contributed by atoms with Crippen LogP contribution in [0.15, 0.2) is 6.20 Å². The summed E-state index contributed by atoms with van der Waals surface area (Å²) in [6.07, 6.45) is 1.75. The number of hydrogen-bond acceptors (Lipinski definition) is 5. The minimum Gasteiger partial charge on any atom is -0.337 e. The van der Waals surface area contributed by atoms with Crippen molar-refractivity contribution in [3.63, 3.8) is 0 Å². The molecule has 2 N–H and O–H groups in total. The van der Waals surface area contributed by atoms with Gasteiger partial charge in [0, 0.05) is 18.1 Å². The molecule has 13 heavy (non-hydrogen) atoms. The molecule has 0 saturated carbocycles. The lowest BCUT2D eigenvalue weighted by Crippen LogP contribution is -2.28. The van der Waals surface area contributed by atoms with Crippen LogP contribution >= 0.6 is 11.5 Å². The van der Waals surface area contributed by atoms with Crippen molar-refractivity contribution in [2.45, 2.75) is 6.42 Å². The maximum absolute atomic E-state index is 11.0. The number of aromatic nitrogens is 2. The molecule has 68 valence electrons. The summed E-state index contributed by atoms with van der Waals surface area (Å²) in [6.45, 7) is 0.342. The number of rotatable bonds is 3. The topological polar surface area (TPSA) is 90.7 Å². The van der Waals surface area contributed by atoms with E-state index >= 15 is 0 Å². The molecule has 6 nitrogen and oxygen atoms in total. The van der Waals surface area contributed by atoms with Crippen LogP contribution < -0.4 is 10.6 Å². The van der Waals surface area contributed by atoms with Crippen molar-refractivity contribution < 1.29 is 4.79 Å². The predicted molar refractivity (Wildman–Crippen MR) is 47.2 cm³/mol. The number of nitriles is 1. The van der Waals surface area contributed by atoms with Crippen molar-refractivity contribution in [1.82, 2.24) is 14.9 Å². The molecular weight excluding hydrogens is 190 g/mol. The van der Waals surface area contributed by atoms with Crippen molar-refractivity contribution in [3.05, 3.63) is 6.20 Å². The van der Waals surface area contributed by atoms with Crippen molar-refractivity contribution >= 4 is 22.6 Å². The first-order chi connectivity index (χ1) is 6.33. The Labute approximate surface area is 78.7 Å². The van der Waals surface area contributed by atoms with Crippen molar-refractivity contribution in [3.8, 4) is 6.07 Å². The molecule has 1 heterocycles. The summed E-state index contributed by atoms with van der Waals surface area (Å²) in [6, 6.07) is 1.57. The molecule has 2 amide bonds. The molecular formula is C6H7N5OS. The number of nitrogens with one attached hydrogen (secondary N) is 2. The van der Waals surface area contributed by atoms with Gasteiger partial charge in [0.2, 0.25) is 0 Å². The largest absolute Gasteiger partial charge is 0.337 e. The van der Waals surface area contributed by atoms with E-state index < -0.39 is 0 Å². The fourth-order valence-electron chi connectivity index (χ4n) is 0.610. The Hall–Kier alpha value is -1.68. The normalized spacial score (nSPS) is 8.85. The number of amides is 2. The highest BCUT2D eigenvalue weighted by Crippen LogP contribution is 2.07. The van der Waals surface area contributed by atoms with Gasteiger partial charge in [0.25, 0.3) is 0 Å². The van der Waals surface area contributed by atoms with Gasteiger partial charge >= 0.3 is 6.03 Å². The van der Waals surface area contributed by atoms with Crippen LogP contribution in [-0.4, -0.2) is 22.2 Å². The smallest absolute Gasteiger partial charge is 0.319 e. The fourth-order valence-corrected chi connectivity index (χ4v) is 1.03. The van der Waals surface area contributed by atoms with Gasteiger partial charge < -0.3 is 5.32 Å². The van der Waals surface area contributed by atoms with E-state index in [9.17, 15) is 4.79 Å². The minimum absolute atomic E-state index is 0.300. The summed E-state index contributed by atoms with van der Waals surface area (Å²) >= 11 is 1.09. The fraction of sp³-hybridized carbons (Fsp3) is 0.333. The Morgan fingerprint density at radius 2 is 2.62 bits per heavy atom. The maximum atomic E-state index is 11.0. The Morgan fingerprint density at radius 3 is 3.23 bits per heavy atom. The van der Waals surface area contributed by atoms with Gasteiger partial charge in [0.15, 0.2) is 0 Å². The van der Waals surface area contributed by atoms with E-state index in [1.807, 2.05) is 6.07 Å². The predicted octanol–water partition coefficient (Wildman–Crippen LogP) is 0.573. The van der Waals surface area contributed by atoms with Crippen LogP contribution in [0.1, 0.15) is 6.42 Å². The van der Waals surface area contributed by atoms with Gasteiger partial charge in [0.1, 0.15) is 5.00 Å². The Bertz CT molecular complexity index is 303. The van der Waals surface area contributed by atoms with E-state index in [0.29, 0.717) is 18.0 Å². The Morgan fingerprint density at radius 1 is 1.77 bits per heavy atom. The molecule has 0 radical (unpaired) electrons. The highest BCUT2D eigenvalue weighted by molar-refractivity contribution is 7.10. The molecule has 0 saturated heterocycles. The van der Waals surface area contributed by atoms with Crippen LogP contribution in [0.5, 0.6) is 0 Å². The quantitative estimate of drug-likeness (QED) is 0.693. The number of nitrogens with zero attached hydrogens (tertiary/aromatic N) is 3. The summed E-state index contributed by atoms with van der Waals surface area (Å²) in [4.78, 5) is 11.0. The molecule has 7 heteroatoms. The van der Waals surface area contributed by atoms with Crippen molar-refractivity contribution in [2.75, 3.05) is 11.9 Å². The summed E-state index contributed by atoms with van der Waals surface area (Å²) in [5.41, 5.74) is 0. The Kier molecular flexibility index (Phi) is 3.66. The van der Waals surface area contributed by atoms with E-state index in [1.54, 1.807) is 0 Å². The summed E-state index contributed by atoms with van der Waals surface area (Å²) in [7, 11) is 0. The number of hydrogen-bond donors (Lipinski definition) is 2. The van der Waals surface area contributed by atoms with Crippen LogP contribution in [0.2, 0.25) is 0 Å². The van der Waals surface area contributed by atoms with Crippen LogP contribution in [0.4, 0.5) is 9.80 Å². The second-order valence-electron chi connectivity index (χ2n) is 2.07. The molecule has 0 aromatic carbocycles. The Balaban J connectivity index is 2.23. The summed E-state index contributed by atoms with van der Waals surface area (Å²) < 4.78 is 3.57. The van der Waals surface area contributed by atoms with Crippen molar-refractivity contribution in [1.29, 1.82) is 5.26 Å². The third kappa shape index (κ3) is 3.48. The third-order valence-corrected chi connectivity index (χ3v) is 1.70. The zero-order chi connectivity index (χ0) is 9.52. The second kappa shape index (κ2) is 5.05. The summed E-state index contributed by atoms with van der Waals surface area (Å²) in [5, 5.41) is 17.3. The molecule has 1 rings (SSSR count). The molecule has 0 unspecified atom stereocenters. The van der Waals surface area contributed by atoms with Gasteiger partial charge in [-0.1, -0.05) is 4.49 Å². The zero-order valence-electron chi connectivity index (χ0n) is 6.65. The van der Waals surface area contributed by atoms with Gasteiger partial charge in [-0.2, -0.15) is 5.26 Å². The first kappa shape index (κ1) is 9.41. The van der Waals surface area contributed by atoms with Crippen LogP contribution in [0.3, 0.4) is 0 Å². The number of anilines is 1. The second-order valence-corrected chi connectivity index (χ2v) is 2.86. The molecule has 0 spiro atoms. The molecule has 1 aromatic heterocycles. The highest BCUT2D eigenvalue weighted by atomic mass is 32.1. The number of urea groups is 1. The molecule has 0 bridgehead atoms. The molecule has 0 aliphatic rings. The zero-order valence-corrected chi connectivity index (χ0v) is 7.47.